The summed E-state index contributed by atoms with van der Waals surface area (Å²) in [7, 11) is 0. The zero-order valence-electron chi connectivity index (χ0n) is 17.7. The lowest BCUT2D eigenvalue weighted by molar-refractivity contribution is -0.142. The predicted molar refractivity (Wildman–Crippen MR) is 112 cm³/mol. The van der Waals surface area contributed by atoms with Crippen LogP contribution in [0, 0.1) is 0 Å². The summed E-state index contributed by atoms with van der Waals surface area (Å²) in [6.45, 7) is -0.558. The lowest BCUT2D eigenvalue weighted by Crippen LogP contribution is -2.54. The lowest BCUT2D eigenvalue weighted by Gasteiger charge is -2.19. The van der Waals surface area contributed by atoms with Crippen LogP contribution in [0.2, 0.25) is 0 Å². The Morgan fingerprint density at radius 3 is 2.00 bits per heavy atom. The molecule has 0 bridgehead atoms. The molecular weight excluding hydrogens is 446 g/mol. The number of carbonyl (C=O) groups excluding carboxylic acids is 3. The van der Waals surface area contributed by atoms with E-state index >= 15 is 0 Å². The fraction of sp³-hybridized carbons (Fsp3) is 0.588. The van der Waals surface area contributed by atoms with Crippen molar-refractivity contribution in [3.05, 3.63) is 0 Å². The number of nitrogens with one attached hydrogen (secondary N) is 3. The Labute approximate surface area is 187 Å². The number of rotatable bonds is 16. The van der Waals surface area contributed by atoms with Crippen molar-refractivity contribution in [2.45, 2.75) is 50.2 Å². The molecule has 33 heavy (non-hydrogen) atoms. The Bertz CT molecular complexity index is 768. The molecule has 0 aliphatic rings. The fourth-order valence-electron chi connectivity index (χ4n) is 2.37. The molecule has 0 aromatic heterocycles. The smallest absolute Gasteiger partial charge is 0.326 e. The van der Waals surface area contributed by atoms with Crippen LogP contribution in [0.1, 0.15) is 32.1 Å². The third-order valence-corrected chi connectivity index (χ3v) is 4.02. The molecule has 0 spiro atoms. The third kappa shape index (κ3) is 13.9. The number of carboxylic acids is 3. The minimum absolute atomic E-state index is 0.00225. The van der Waals surface area contributed by atoms with Crippen molar-refractivity contribution in [3.8, 4) is 0 Å². The van der Waals surface area contributed by atoms with E-state index in [0.717, 1.165) is 0 Å². The minimum Gasteiger partial charge on any atom is -0.481 e. The molecule has 0 aromatic carbocycles. The van der Waals surface area contributed by atoms with Gasteiger partial charge in [0.05, 0.1) is 19.0 Å². The van der Waals surface area contributed by atoms with Gasteiger partial charge in [-0.05, 0) is 19.3 Å². The van der Waals surface area contributed by atoms with Crippen LogP contribution in [-0.2, 0) is 28.8 Å². The molecular formula is C17H29N7O9. The highest BCUT2D eigenvalue weighted by Gasteiger charge is 2.27. The average molecular weight is 475 g/mol. The number of hydrogen-bond acceptors (Lipinski definition) is 8. The van der Waals surface area contributed by atoms with E-state index in [0.29, 0.717) is 0 Å². The number of carbonyl (C=O) groups is 6. The van der Waals surface area contributed by atoms with E-state index in [-0.39, 0.29) is 31.8 Å². The Morgan fingerprint density at radius 2 is 1.48 bits per heavy atom. The average Bonchev–Trinajstić information content (AvgIpc) is 2.70. The molecule has 3 unspecified atom stereocenters. The van der Waals surface area contributed by atoms with Gasteiger partial charge in [-0.3, -0.25) is 29.0 Å². The molecule has 0 aliphatic heterocycles. The molecule has 0 saturated heterocycles. The number of nitrogens with two attached hydrogens (primary N) is 3. The van der Waals surface area contributed by atoms with Gasteiger partial charge in [0.1, 0.15) is 12.1 Å². The zero-order chi connectivity index (χ0) is 25.6. The van der Waals surface area contributed by atoms with Crippen LogP contribution in [0.15, 0.2) is 4.99 Å². The molecule has 0 fully saturated rings. The number of carboxylic acid groups (broad SMARTS) is 3. The molecule has 12 N–H and O–H groups in total. The van der Waals surface area contributed by atoms with Crippen LogP contribution in [0.3, 0.4) is 0 Å². The molecule has 3 amide bonds. The maximum absolute atomic E-state index is 12.2. The summed E-state index contributed by atoms with van der Waals surface area (Å²) in [6.07, 6.45) is -1.26. The van der Waals surface area contributed by atoms with Gasteiger partial charge in [-0.1, -0.05) is 0 Å². The van der Waals surface area contributed by atoms with Crippen LogP contribution in [0.5, 0.6) is 0 Å². The highest BCUT2D eigenvalue weighted by molar-refractivity contribution is 5.94. The number of nitrogens with zero attached hydrogens (tertiary/aromatic N) is 1. The first-order chi connectivity index (χ1) is 15.3. The van der Waals surface area contributed by atoms with Crippen molar-refractivity contribution < 1.29 is 44.1 Å². The number of hydrogen-bond donors (Lipinski definition) is 9. The van der Waals surface area contributed by atoms with E-state index in [1.165, 1.54) is 0 Å². The monoisotopic (exact) mass is 475 g/mol. The molecule has 16 heteroatoms. The summed E-state index contributed by atoms with van der Waals surface area (Å²) < 4.78 is 0. The van der Waals surface area contributed by atoms with Crippen molar-refractivity contribution in [1.29, 1.82) is 0 Å². The second-order valence-corrected chi connectivity index (χ2v) is 6.82. The highest BCUT2D eigenvalue weighted by atomic mass is 16.4. The summed E-state index contributed by atoms with van der Waals surface area (Å²) in [4.78, 5) is 72.7. The molecule has 3 atom stereocenters. The molecule has 0 heterocycles. The predicted octanol–water partition coefficient (Wildman–Crippen LogP) is -4.12. The Kier molecular flexibility index (Phi) is 13.2. The van der Waals surface area contributed by atoms with Crippen molar-refractivity contribution in [3.63, 3.8) is 0 Å². The van der Waals surface area contributed by atoms with Gasteiger partial charge in [0, 0.05) is 13.0 Å². The molecule has 0 aliphatic carbocycles. The van der Waals surface area contributed by atoms with Crippen LogP contribution in [-0.4, -0.2) is 88.1 Å². The van der Waals surface area contributed by atoms with Crippen molar-refractivity contribution in [2.24, 2.45) is 22.2 Å². The van der Waals surface area contributed by atoms with Gasteiger partial charge in [0.2, 0.25) is 17.7 Å². The first-order valence-corrected chi connectivity index (χ1v) is 9.68. The standard InChI is InChI=1S/C17H29N7O9/c18-8(3-4-12(26)27)14(30)24-10(6-13(28)29)15(31)22-7-11(25)23-9(16(32)33)2-1-5-21-17(19)20/h8-10H,1-7,18H2,(H,22,31)(H,23,25)(H,24,30)(H,26,27)(H,28,29)(H,32,33)(H4,19,20,21). The van der Waals surface area contributed by atoms with Gasteiger partial charge >= 0.3 is 17.9 Å². The van der Waals surface area contributed by atoms with E-state index in [1.54, 1.807) is 0 Å². The molecule has 0 aromatic rings. The zero-order valence-corrected chi connectivity index (χ0v) is 17.7. The Morgan fingerprint density at radius 1 is 0.848 bits per heavy atom. The summed E-state index contributed by atoms with van der Waals surface area (Å²) in [5.41, 5.74) is 15.8. The SMILES string of the molecule is NC(N)=NCCCC(NC(=O)CNC(=O)C(CC(=O)O)NC(=O)C(N)CCC(=O)O)C(=O)O. The fourth-order valence-corrected chi connectivity index (χ4v) is 2.37. The first-order valence-electron chi connectivity index (χ1n) is 9.68. The number of aliphatic imine (C=N–C) groups is 1. The van der Waals surface area contributed by atoms with Gasteiger partial charge in [-0.2, -0.15) is 0 Å². The van der Waals surface area contributed by atoms with Gasteiger partial charge < -0.3 is 48.5 Å². The summed E-state index contributed by atoms with van der Waals surface area (Å²) in [5.74, 6) is -6.99. The van der Waals surface area contributed by atoms with Gasteiger partial charge in [0.25, 0.3) is 0 Å². The van der Waals surface area contributed by atoms with E-state index in [9.17, 15) is 33.9 Å². The number of aliphatic carboxylic acids is 3. The van der Waals surface area contributed by atoms with Crippen molar-refractivity contribution >= 4 is 41.6 Å². The molecule has 0 saturated carbocycles. The second-order valence-electron chi connectivity index (χ2n) is 6.82. The molecule has 0 rings (SSSR count). The number of guanidine groups is 1. The van der Waals surface area contributed by atoms with Gasteiger partial charge in [-0.25, -0.2) is 4.79 Å². The highest BCUT2D eigenvalue weighted by Crippen LogP contribution is 2.00. The van der Waals surface area contributed by atoms with Gasteiger partial charge in [-0.15, -0.1) is 0 Å². The summed E-state index contributed by atoms with van der Waals surface area (Å²) in [5, 5.41) is 33.1. The van der Waals surface area contributed by atoms with E-state index in [1.807, 2.05) is 0 Å². The normalized spacial score (nSPS) is 13.0. The van der Waals surface area contributed by atoms with Crippen LogP contribution >= 0.6 is 0 Å². The Hall–Kier alpha value is -3.95. The van der Waals surface area contributed by atoms with Crippen LogP contribution in [0.4, 0.5) is 0 Å². The van der Waals surface area contributed by atoms with Crippen LogP contribution in [0.25, 0.3) is 0 Å². The largest absolute Gasteiger partial charge is 0.481 e. The first kappa shape index (κ1) is 29.0. The van der Waals surface area contributed by atoms with Crippen molar-refractivity contribution in [1.82, 2.24) is 16.0 Å². The van der Waals surface area contributed by atoms with Crippen molar-refractivity contribution in [2.75, 3.05) is 13.1 Å². The van der Waals surface area contributed by atoms with Crippen LogP contribution < -0.4 is 33.2 Å². The topological polar surface area (TPSA) is 290 Å². The summed E-state index contributed by atoms with van der Waals surface area (Å²) in [6, 6.07) is -4.19. The number of amides is 3. The second kappa shape index (κ2) is 15.0. The quantitative estimate of drug-likeness (QED) is 0.0584. The minimum atomic E-state index is -1.60. The van der Waals surface area contributed by atoms with E-state index in [4.69, 9.17) is 27.4 Å². The van der Waals surface area contributed by atoms with Gasteiger partial charge in [0.15, 0.2) is 5.96 Å². The lowest BCUT2D eigenvalue weighted by atomic mass is 10.1. The van der Waals surface area contributed by atoms with E-state index < -0.39 is 73.1 Å². The molecule has 186 valence electrons. The van der Waals surface area contributed by atoms with E-state index in [2.05, 4.69) is 20.9 Å². The molecule has 16 nitrogen and oxygen atoms in total. The maximum Gasteiger partial charge on any atom is 0.326 e. The summed E-state index contributed by atoms with van der Waals surface area (Å²) >= 11 is 0. The molecule has 0 radical (unpaired) electrons. The third-order valence-electron chi connectivity index (χ3n) is 4.02. The maximum atomic E-state index is 12.2. The Balaban J connectivity index is 4.82.